The molecular weight excluding hydrogens is 326 g/mol. The van der Waals surface area contributed by atoms with Crippen LogP contribution in [0.25, 0.3) is 0 Å². The number of piperazine rings is 1. The van der Waals surface area contributed by atoms with Crippen LogP contribution >= 0.6 is 11.3 Å². The Morgan fingerprint density at radius 1 is 1.32 bits per heavy atom. The second-order valence-corrected chi connectivity index (χ2v) is 8.34. The average molecular weight is 347 g/mol. The van der Waals surface area contributed by atoms with Gasteiger partial charge in [0.05, 0.1) is 7.11 Å². The molecule has 1 aliphatic rings. The van der Waals surface area contributed by atoms with Gasteiger partial charge < -0.3 is 9.64 Å². The first-order chi connectivity index (χ1) is 10.4. The molecule has 0 aliphatic carbocycles. The van der Waals surface area contributed by atoms with Gasteiger partial charge in [-0.1, -0.05) is 0 Å². The number of nitrogens with one attached hydrogen (secondary N) is 1. The van der Waals surface area contributed by atoms with Crippen molar-refractivity contribution in [3.8, 4) is 0 Å². The number of hydrogen-bond donors (Lipinski definition) is 1. The lowest BCUT2D eigenvalue weighted by Crippen LogP contribution is -2.50. The van der Waals surface area contributed by atoms with E-state index in [2.05, 4.69) is 14.4 Å². The van der Waals surface area contributed by atoms with Crippen molar-refractivity contribution in [1.82, 2.24) is 14.5 Å². The van der Waals surface area contributed by atoms with Gasteiger partial charge in [0.1, 0.15) is 4.21 Å². The predicted octanol–water partition coefficient (Wildman–Crippen LogP) is 0.719. The molecule has 1 aromatic rings. The molecule has 0 aromatic carbocycles. The van der Waals surface area contributed by atoms with Crippen molar-refractivity contribution in [2.24, 2.45) is 0 Å². The van der Waals surface area contributed by atoms with Crippen LogP contribution in [-0.4, -0.2) is 70.7 Å². The van der Waals surface area contributed by atoms with Gasteiger partial charge in [-0.2, -0.15) is 0 Å². The molecule has 1 N–H and O–H groups in total. The molecule has 1 saturated heterocycles. The van der Waals surface area contributed by atoms with Gasteiger partial charge in [0.25, 0.3) is 0 Å². The summed E-state index contributed by atoms with van der Waals surface area (Å²) in [7, 11) is -2.04. The highest BCUT2D eigenvalue weighted by Gasteiger charge is 2.22. The highest BCUT2D eigenvalue weighted by atomic mass is 32.2. The number of thiophene rings is 1. The van der Waals surface area contributed by atoms with Gasteiger partial charge in [0, 0.05) is 44.1 Å². The molecular formula is C13H21N3O4S2. The van der Waals surface area contributed by atoms with E-state index in [-0.39, 0.29) is 6.09 Å². The third-order valence-electron chi connectivity index (χ3n) is 3.51. The van der Waals surface area contributed by atoms with E-state index >= 15 is 0 Å². The first-order valence-corrected chi connectivity index (χ1v) is 9.33. The third-order valence-corrected chi connectivity index (χ3v) is 6.46. The maximum atomic E-state index is 12.1. The van der Waals surface area contributed by atoms with Gasteiger partial charge in [-0.05, 0) is 19.1 Å². The number of amides is 1. The molecule has 2 heterocycles. The minimum Gasteiger partial charge on any atom is -0.453 e. The number of hydrogen-bond acceptors (Lipinski definition) is 6. The van der Waals surface area contributed by atoms with E-state index in [1.807, 2.05) is 6.92 Å². The van der Waals surface area contributed by atoms with E-state index in [1.54, 1.807) is 17.0 Å². The minimum atomic E-state index is -3.41. The van der Waals surface area contributed by atoms with Crippen molar-refractivity contribution in [3.63, 3.8) is 0 Å². The highest BCUT2D eigenvalue weighted by Crippen LogP contribution is 2.20. The lowest BCUT2D eigenvalue weighted by molar-refractivity contribution is 0.0918. The number of rotatable bonds is 5. The Bertz CT molecular complexity index is 607. The zero-order valence-corrected chi connectivity index (χ0v) is 14.4. The molecule has 0 unspecified atom stereocenters. The molecule has 0 spiro atoms. The van der Waals surface area contributed by atoms with E-state index in [0.29, 0.717) is 30.4 Å². The Kier molecular flexibility index (Phi) is 5.79. The van der Waals surface area contributed by atoms with Gasteiger partial charge >= 0.3 is 6.09 Å². The Labute approximate surface area is 134 Å². The summed E-state index contributed by atoms with van der Waals surface area (Å²) in [5.41, 5.74) is 0. The van der Waals surface area contributed by atoms with Crippen molar-refractivity contribution in [2.45, 2.75) is 11.1 Å². The fraction of sp³-hybridized carbons (Fsp3) is 0.615. The van der Waals surface area contributed by atoms with Gasteiger partial charge in [0.15, 0.2) is 0 Å². The number of methoxy groups -OCH3 is 1. The Morgan fingerprint density at radius 3 is 2.55 bits per heavy atom. The van der Waals surface area contributed by atoms with Crippen LogP contribution in [0.1, 0.15) is 4.88 Å². The van der Waals surface area contributed by atoms with Crippen LogP contribution in [0.5, 0.6) is 0 Å². The van der Waals surface area contributed by atoms with Crippen molar-refractivity contribution < 1.29 is 17.9 Å². The van der Waals surface area contributed by atoms with Gasteiger partial charge in [-0.25, -0.2) is 17.9 Å². The zero-order chi connectivity index (χ0) is 16.2. The second kappa shape index (κ2) is 7.40. The maximum Gasteiger partial charge on any atom is 0.409 e. The fourth-order valence-corrected chi connectivity index (χ4v) is 4.60. The average Bonchev–Trinajstić information content (AvgIpc) is 2.94. The van der Waals surface area contributed by atoms with E-state index < -0.39 is 10.0 Å². The summed E-state index contributed by atoms with van der Waals surface area (Å²) in [5, 5.41) is 0. The smallest absolute Gasteiger partial charge is 0.409 e. The van der Waals surface area contributed by atoms with Crippen LogP contribution in [0.3, 0.4) is 0 Å². The number of sulfonamides is 1. The largest absolute Gasteiger partial charge is 0.453 e. The van der Waals surface area contributed by atoms with E-state index in [4.69, 9.17) is 0 Å². The molecule has 7 nitrogen and oxygen atoms in total. The van der Waals surface area contributed by atoms with Crippen molar-refractivity contribution in [1.29, 1.82) is 0 Å². The summed E-state index contributed by atoms with van der Waals surface area (Å²) in [4.78, 5) is 16.1. The van der Waals surface area contributed by atoms with Crippen molar-refractivity contribution in [2.75, 3.05) is 46.4 Å². The van der Waals surface area contributed by atoms with Gasteiger partial charge in [-0.3, -0.25) is 4.90 Å². The summed E-state index contributed by atoms with van der Waals surface area (Å²) in [5.74, 6) is 0. The third kappa shape index (κ3) is 4.42. The molecule has 1 aliphatic heterocycles. The van der Waals surface area contributed by atoms with E-state index in [1.165, 1.54) is 18.4 Å². The summed E-state index contributed by atoms with van der Waals surface area (Å²) in [6, 6.07) is 3.42. The molecule has 1 amide bonds. The van der Waals surface area contributed by atoms with Crippen molar-refractivity contribution >= 4 is 27.5 Å². The van der Waals surface area contributed by atoms with Crippen LogP contribution in [-0.2, 0) is 14.8 Å². The van der Waals surface area contributed by atoms with Gasteiger partial charge in [-0.15, -0.1) is 11.3 Å². The molecule has 1 aromatic heterocycles. The molecule has 0 saturated carbocycles. The van der Waals surface area contributed by atoms with Crippen LogP contribution in [0, 0.1) is 6.92 Å². The standard InChI is InChI=1S/C13H21N3O4S2/c1-11-3-4-12(21-11)22(18,19)14-5-6-15-7-9-16(10-8-15)13(17)20-2/h3-4,14H,5-10H2,1-2H3. The Hall–Kier alpha value is -1.16. The monoisotopic (exact) mass is 347 g/mol. The fourth-order valence-electron chi connectivity index (χ4n) is 2.25. The zero-order valence-electron chi connectivity index (χ0n) is 12.7. The topological polar surface area (TPSA) is 79.0 Å². The first-order valence-electron chi connectivity index (χ1n) is 7.04. The SMILES string of the molecule is COC(=O)N1CCN(CCNS(=O)(=O)c2ccc(C)s2)CC1. The molecule has 9 heteroatoms. The van der Waals surface area contributed by atoms with Crippen LogP contribution in [0.4, 0.5) is 4.79 Å². The number of carbonyl (C=O) groups is 1. The van der Waals surface area contributed by atoms with Crippen molar-refractivity contribution in [3.05, 3.63) is 17.0 Å². The minimum absolute atomic E-state index is 0.312. The molecule has 2 rings (SSSR count). The highest BCUT2D eigenvalue weighted by molar-refractivity contribution is 7.91. The Balaban J connectivity index is 1.75. The molecule has 0 atom stereocenters. The van der Waals surface area contributed by atoms with Crippen LogP contribution < -0.4 is 4.72 Å². The van der Waals surface area contributed by atoms with Crippen LogP contribution in [0.2, 0.25) is 0 Å². The van der Waals surface area contributed by atoms with Gasteiger partial charge in [0.2, 0.25) is 10.0 Å². The number of aryl methyl sites for hydroxylation is 1. The molecule has 0 radical (unpaired) electrons. The quantitative estimate of drug-likeness (QED) is 0.849. The summed E-state index contributed by atoms with van der Waals surface area (Å²) >= 11 is 1.26. The lowest BCUT2D eigenvalue weighted by atomic mass is 10.3. The number of ether oxygens (including phenoxy) is 1. The lowest BCUT2D eigenvalue weighted by Gasteiger charge is -2.33. The summed E-state index contributed by atoms with van der Waals surface area (Å²) in [6.45, 7) is 5.50. The summed E-state index contributed by atoms with van der Waals surface area (Å²) in [6.07, 6.45) is -0.312. The molecule has 0 bridgehead atoms. The summed E-state index contributed by atoms with van der Waals surface area (Å²) < 4.78 is 31.8. The number of nitrogens with zero attached hydrogens (tertiary/aromatic N) is 2. The molecule has 124 valence electrons. The Morgan fingerprint density at radius 2 is 2.00 bits per heavy atom. The van der Waals surface area contributed by atoms with E-state index in [0.717, 1.165) is 18.0 Å². The molecule has 22 heavy (non-hydrogen) atoms. The maximum absolute atomic E-state index is 12.1. The van der Waals surface area contributed by atoms with Crippen LogP contribution in [0.15, 0.2) is 16.3 Å². The first kappa shape index (κ1) is 17.2. The predicted molar refractivity (Wildman–Crippen MR) is 84.7 cm³/mol. The van der Waals surface area contributed by atoms with E-state index in [9.17, 15) is 13.2 Å². The normalized spacial score (nSPS) is 16.7. The second-order valence-electron chi connectivity index (χ2n) is 5.06. The molecule has 1 fully saturated rings. The number of carbonyl (C=O) groups excluding carboxylic acids is 1.